The lowest BCUT2D eigenvalue weighted by molar-refractivity contribution is -0.137. The lowest BCUT2D eigenvalue weighted by atomic mass is 9.75. The van der Waals surface area contributed by atoms with Crippen LogP contribution in [0, 0.1) is 11.3 Å². The number of nitriles is 1. The van der Waals surface area contributed by atoms with E-state index in [1.54, 1.807) is 47.4 Å². The monoisotopic (exact) mass is 484 g/mol. The van der Waals surface area contributed by atoms with E-state index in [1.807, 2.05) is 0 Å². The topological polar surface area (TPSA) is 90.4 Å². The highest BCUT2D eigenvalue weighted by Crippen LogP contribution is 2.48. The number of rotatable bonds is 5. The molecular weight excluding hydrogens is 465 g/mol. The first-order valence-electron chi connectivity index (χ1n) is 10.4. The Morgan fingerprint density at radius 2 is 1.82 bits per heavy atom. The van der Waals surface area contributed by atoms with Gasteiger partial charge >= 0.3 is 6.18 Å². The second-order valence-corrected chi connectivity index (χ2v) is 8.51. The summed E-state index contributed by atoms with van der Waals surface area (Å²) in [5.74, 6) is -0.829. The maximum absolute atomic E-state index is 13.5. The summed E-state index contributed by atoms with van der Waals surface area (Å²) in [4.78, 5) is 27.2. The van der Waals surface area contributed by atoms with Crippen LogP contribution in [0.5, 0.6) is 0 Å². The third-order valence-electron chi connectivity index (χ3n) is 6.06. The van der Waals surface area contributed by atoms with Gasteiger partial charge in [-0.15, -0.1) is 0 Å². The van der Waals surface area contributed by atoms with E-state index >= 15 is 0 Å². The lowest BCUT2D eigenvalue weighted by Gasteiger charge is -2.43. The summed E-state index contributed by atoms with van der Waals surface area (Å²) in [7, 11) is 0. The van der Waals surface area contributed by atoms with Gasteiger partial charge < -0.3 is 10.6 Å². The van der Waals surface area contributed by atoms with E-state index in [0.717, 1.165) is 29.0 Å². The minimum atomic E-state index is -4.75. The van der Waals surface area contributed by atoms with Crippen molar-refractivity contribution in [1.82, 2.24) is 0 Å². The van der Waals surface area contributed by atoms with Crippen LogP contribution in [0.4, 0.5) is 24.5 Å². The maximum Gasteiger partial charge on any atom is 0.417 e. The summed E-state index contributed by atoms with van der Waals surface area (Å²) >= 11 is 5.60. The van der Waals surface area contributed by atoms with Crippen LogP contribution in [0.15, 0.2) is 48.5 Å². The van der Waals surface area contributed by atoms with E-state index in [4.69, 9.17) is 23.2 Å². The summed E-state index contributed by atoms with van der Waals surface area (Å²) in [5, 5.41) is 9.16. The highest BCUT2D eigenvalue weighted by Gasteiger charge is 2.59. The number of nitrogens with zero attached hydrogens (tertiary/aromatic N) is 3. The van der Waals surface area contributed by atoms with Crippen LogP contribution in [0.2, 0.25) is 0 Å². The quantitative estimate of drug-likeness (QED) is 0.630. The average Bonchev–Trinajstić information content (AvgIpc) is 3.00. The van der Waals surface area contributed by atoms with Gasteiger partial charge in [-0.1, -0.05) is 24.3 Å². The Balaban J connectivity index is 1.70. The molecule has 0 atom stereocenters. The molecule has 1 heterocycles. The molecule has 6 nitrogen and oxygen atoms in total. The highest BCUT2D eigenvalue weighted by atomic mass is 32.1. The van der Waals surface area contributed by atoms with Crippen LogP contribution in [-0.4, -0.2) is 22.5 Å². The third-order valence-corrected chi connectivity index (χ3v) is 6.43. The molecule has 1 saturated heterocycles. The number of primary amides is 1. The number of amides is 2. The number of anilines is 2. The van der Waals surface area contributed by atoms with Crippen LogP contribution in [-0.2, 0) is 15.8 Å². The smallest absolute Gasteiger partial charge is 0.369 e. The fourth-order valence-corrected chi connectivity index (χ4v) is 4.73. The largest absolute Gasteiger partial charge is 0.417 e. The van der Waals surface area contributed by atoms with Gasteiger partial charge in [0.15, 0.2) is 5.11 Å². The van der Waals surface area contributed by atoms with E-state index in [1.165, 1.54) is 6.07 Å². The minimum absolute atomic E-state index is 0.0268. The number of carbonyl (C=O) groups excluding carboxylic acids is 2. The van der Waals surface area contributed by atoms with Crippen molar-refractivity contribution >= 4 is 46.6 Å². The van der Waals surface area contributed by atoms with Gasteiger partial charge in [-0.2, -0.15) is 18.4 Å². The summed E-state index contributed by atoms with van der Waals surface area (Å²) in [5.41, 5.74) is 3.96. The third kappa shape index (κ3) is 3.92. The van der Waals surface area contributed by atoms with Crippen molar-refractivity contribution in [2.75, 3.05) is 9.80 Å². The fraction of sp³-hybridized carbons (Fsp3) is 0.250. The number of carbonyl (C=O) groups is 2. The van der Waals surface area contributed by atoms with Crippen LogP contribution >= 0.6 is 12.2 Å². The molecule has 34 heavy (non-hydrogen) atoms. The van der Waals surface area contributed by atoms with E-state index in [0.29, 0.717) is 18.5 Å². The molecule has 4 rings (SSSR count). The molecule has 2 fully saturated rings. The molecule has 174 valence electrons. The molecule has 2 N–H and O–H groups in total. The summed E-state index contributed by atoms with van der Waals surface area (Å²) < 4.78 is 40.5. The highest BCUT2D eigenvalue weighted by molar-refractivity contribution is 7.81. The zero-order valence-electron chi connectivity index (χ0n) is 17.8. The predicted octanol–water partition coefficient (Wildman–Crippen LogP) is 4.53. The standard InChI is InChI=1S/C24H19F3N4O2S/c25-24(26,27)19-13-18(10-7-16(19)14-28)30-21(33)23(11-2-12-23)31(22(30)34)17-8-5-15(6-9-17)3-1-4-20(29)32/h1,3,5-10,13H,2,4,11-12H2,(H2,29,32)/b3-1-. The van der Waals surface area contributed by atoms with Crippen LogP contribution in [0.25, 0.3) is 6.08 Å². The normalized spacial score (nSPS) is 17.4. The number of nitrogens with two attached hydrogens (primary N) is 1. The van der Waals surface area contributed by atoms with E-state index in [-0.39, 0.29) is 23.1 Å². The van der Waals surface area contributed by atoms with Gasteiger partial charge in [0.25, 0.3) is 5.91 Å². The second-order valence-electron chi connectivity index (χ2n) is 8.15. The first kappa shape index (κ1) is 23.4. The predicted molar refractivity (Wildman–Crippen MR) is 125 cm³/mol. The molecule has 10 heteroatoms. The van der Waals surface area contributed by atoms with Gasteiger partial charge in [0, 0.05) is 12.1 Å². The Labute approximate surface area is 199 Å². The van der Waals surface area contributed by atoms with Crippen molar-refractivity contribution < 1.29 is 22.8 Å². The number of halogens is 3. The van der Waals surface area contributed by atoms with Gasteiger partial charge in [0.05, 0.1) is 22.9 Å². The zero-order valence-corrected chi connectivity index (χ0v) is 18.6. The molecule has 1 spiro atoms. The van der Waals surface area contributed by atoms with Crippen molar-refractivity contribution in [1.29, 1.82) is 5.26 Å². The zero-order chi connectivity index (χ0) is 24.7. The second kappa shape index (κ2) is 8.57. The Kier molecular flexibility index (Phi) is 5.91. The van der Waals surface area contributed by atoms with Gasteiger partial charge in [-0.25, -0.2) is 0 Å². The minimum Gasteiger partial charge on any atom is -0.369 e. The van der Waals surface area contributed by atoms with E-state index < -0.39 is 28.7 Å². The van der Waals surface area contributed by atoms with Crippen LogP contribution in [0.3, 0.4) is 0 Å². The number of benzene rings is 2. The summed E-state index contributed by atoms with van der Waals surface area (Å²) in [6.07, 6.45) is 0.554. The number of hydrogen-bond donors (Lipinski definition) is 1. The number of hydrogen-bond acceptors (Lipinski definition) is 4. The van der Waals surface area contributed by atoms with Gasteiger partial charge in [0.1, 0.15) is 5.54 Å². The molecule has 2 aromatic carbocycles. The number of alkyl halides is 3. The van der Waals surface area contributed by atoms with Crippen molar-refractivity contribution in [3.8, 4) is 6.07 Å². The average molecular weight is 485 g/mol. The molecule has 0 bridgehead atoms. The van der Waals surface area contributed by atoms with Crippen molar-refractivity contribution in [2.45, 2.75) is 37.4 Å². The van der Waals surface area contributed by atoms with Crippen molar-refractivity contribution in [2.24, 2.45) is 5.73 Å². The van der Waals surface area contributed by atoms with Gasteiger partial charge in [-0.3, -0.25) is 14.5 Å². The lowest BCUT2D eigenvalue weighted by Crippen LogP contribution is -2.55. The van der Waals surface area contributed by atoms with E-state index in [9.17, 15) is 22.8 Å². The molecule has 0 unspecified atom stereocenters. The van der Waals surface area contributed by atoms with E-state index in [2.05, 4.69) is 0 Å². The molecule has 2 aliphatic rings. The maximum atomic E-state index is 13.5. The Hall–Kier alpha value is -3.71. The molecular formula is C24H19F3N4O2S. The first-order chi connectivity index (χ1) is 16.1. The van der Waals surface area contributed by atoms with Gasteiger partial charge in [-0.05, 0) is 67.4 Å². The molecule has 0 aromatic heterocycles. The molecule has 1 aliphatic heterocycles. The fourth-order valence-electron chi connectivity index (χ4n) is 4.26. The Morgan fingerprint density at radius 3 is 2.35 bits per heavy atom. The van der Waals surface area contributed by atoms with Gasteiger partial charge in [0.2, 0.25) is 5.91 Å². The molecule has 1 saturated carbocycles. The Bertz CT molecular complexity index is 1240. The van der Waals surface area contributed by atoms with Crippen LogP contribution in [0.1, 0.15) is 42.4 Å². The summed E-state index contributed by atoms with van der Waals surface area (Å²) in [6, 6.07) is 11.8. The van der Waals surface area contributed by atoms with Crippen molar-refractivity contribution in [3.05, 3.63) is 65.2 Å². The van der Waals surface area contributed by atoms with Crippen molar-refractivity contribution in [3.63, 3.8) is 0 Å². The number of thiocarbonyl (C=S) groups is 1. The summed E-state index contributed by atoms with van der Waals surface area (Å²) in [6.45, 7) is 0. The Morgan fingerprint density at radius 1 is 1.18 bits per heavy atom. The SMILES string of the molecule is N#Cc1ccc(N2C(=O)C3(CCC3)N(c3ccc(/C=C\CC(N)=O)cc3)C2=S)cc1C(F)(F)F. The van der Waals surface area contributed by atoms with Crippen LogP contribution < -0.4 is 15.5 Å². The molecule has 0 radical (unpaired) electrons. The first-order valence-corrected chi connectivity index (χ1v) is 10.8. The molecule has 2 aromatic rings. The molecule has 2 amide bonds. The molecule has 1 aliphatic carbocycles.